The van der Waals surface area contributed by atoms with E-state index in [4.69, 9.17) is 10.3 Å². The molecular weight excluding hydrogens is 306 g/mol. The van der Waals surface area contributed by atoms with Crippen molar-refractivity contribution >= 4 is 11.7 Å². The standard InChI is InChI=1S/C17H19N5O2/c1-3-12-9-13(24-21-12)10-22(2)17(23)15-14(16(18)20-19-15)11-7-5-4-6-8-11/h4-9H,3,10H2,1-2H3,(H3,18,19,20). The number of benzene rings is 1. The van der Waals surface area contributed by atoms with Gasteiger partial charge in [-0.15, -0.1) is 0 Å². The van der Waals surface area contributed by atoms with Crippen molar-refractivity contribution in [2.24, 2.45) is 0 Å². The van der Waals surface area contributed by atoms with Gasteiger partial charge in [-0.1, -0.05) is 42.4 Å². The van der Waals surface area contributed by atoms with Crippen LogP contribution in [-0.4, -0.2) is 33.2 Å². The van der Waals surface area contributed by atoms with Crippen LogP contribution < -0.4 is 5.73 Å². The fourth-order valence-corrected chi connectivity index (χ4v) is 2.50. The van der Waals surface area contributed by atoms with E-state index < -0.39 is 0 Å². The van der Waals surface area contributed by atoms with E-state index in [-0.39, 0.29) is 5.91 Å². The number of carbonyl (C=O) groups is 1. The van der Waals surface area contributed by atoms with Crippen molar-refractivity contribution in [1.82, 2.24) is 20.3 Å². The van der Waals surface area contributed by atoms with Crippen LogP contribution in [0.25, 0.3) is 11.1 Å². The number of amides is 1. The fraction of sp³-hybridized carbons (Fsp3) is 0.235. The maximum absolute atomic E-state index is 12.8. The maximum atomic E-state index is 12.8. The van der Waals surface area contributed by atoms with Crippen LogP contribution in [0.5, 0.6) is 0 Å². The van der Waals surface area contributed by atoms with Gasteiger partial charge in [-0.05, 0) is 12.0 Å². The summed E-state index contributed by atoms with van der Waals surface area (Å²) in [6, 6.07) is 11.3. The number of anilines is 1. The largest absolute Gasteiger partial charge is 0.382 e. The predicted octanol–water partition coefficient (Wildman–Crippen LogP) is 2.48. The van der Waals surface area contributed by atoms with Gasteiger partial charge in [0, 0.05) is 13.1 Å². The summed E-state index contributed by atoms with van der Waals surface area (Å²) in [6.45, 7) is 2.31. The van der Waals surface area contributed by atoms with E-state index in [9.17, 15) is 4.79 Å². The number of nitrogens with two attached hydrogens (primary N) is 1. The third-order valence-electron chi connectivity index (χ3n) is 3.78. The van der Waals surface area contributed by atoms with Crippen molar-refractivity contribution in [2.75, 3.05) is 12.8 Å². The highest BCUT2D eigenvalue weighted by molar-refractivity contribution is 6.01. The molecule has 2 heterocycles. The van der Waals surface area contributed by atoms with Gasteiger partial charge in [0.15, 0.2) is 11.6 Å². The zero-order valence-electron chi connectivity index (χ0n) is 13.6. The summed E-state index contributed by atoms with van der Waals surface area (Å²) in [5.74, 6) is 0.717. The van der Waals surface area contributed by atoms with Crippen molar-refractivity contribution in [2.45, 2.75) is 19.9 Å². The van der Waals surface area contributed by atoms with Crippen molar-refractivity contribution in [3.8, 4) is 11.1 Å². The highest BCUT2D eigenvalue weighted by Crippen LogP contribution is 2.28. The maximum Gasteiger partial charge on any atom is 0.272 e. The molecule has 0 aliphatic rings. The molecule has 3 rings (SSSR count). The molecule has 0 aliphatic carbocycles. The first kappa shape index (κ1) is 15.8. The second-order valence-corrected chi connectivity index (χ2v) is 5.52. The van der Waals surface area contributed by atoms with Crippen LogP contribution in [0.1, 0.15) is 28.9 Å². The number of nitrogen functional groups attached to an aromatic ring is 1. The Morgan fingerprint density at radius 2 is 2.08 bits per heavy atom. The van der Waals surface area contributed by atoms with Gasteiger partial charge >= 0.3 is 0 Å². The molecule has 0 saturated carbocycles. The Bertz CT molecular complexity index is 838. The number of aryl methyl sites for hydroxylation is 1. The Kier molecular flexibility index (Phi) is 4.33. The molecular formula is C17H19N5O2. The van der Waals surface area contributed by atoms with Crippen LogP contribution >= 0.6 is 0 Å². The molecule has 1 amide bonds. The number of hydrogen-bond acceptors (Lipinski definition) is 5. The number of nitrogens with zero attached hydrogens (tertiary/aromatic N) is 3. The van der Waals surface area contributed by atoms with Crippen molar-refractivity contribution in [3.63, 3.8) is 0 Å². The first-order chi connectivity index (χ1) is 11.6. The Morgan fingerprint density at radius 1 is 1.33 bits per heavy atom. The summed E-state index contributed by atoms with van der Waals surface area (Å²) in [5.41, 5.74) is 8.62. The number of nitrogens with one attached hydrogen (secondary N) is 1. The molecule has 0 saturated heterocycles. The Morgan fingerprint density at radius 3 is 2.75 bits per heavy atom. The van der Waals surface area contributed by atoms with Crippen LogP contribution in [0.15, 0.2) is 40.9 Å². The zero-order chi connectivity index (χ0) is 17.1. The van der Waals surface area contributed by atoms with Crippen LogP contribution in [0, 0.1) is 0 Å². The normalized spacial score (nSPS) is 10.8. The first-order valence-corrected chi connectivity index (χ1v) is 7.69. The molecule has 7 nitrogen and oxygen atoms in total. The van der Waals surface area contributed by atoms with E-state index in [1.54, 1.807) is 11.9 Å². The van der Waals surface area contributed by atoms with Gasteiger partial charge in [0.2, 0.25) is 0 Å². The van der Waals surface area contributed by atoms with E-state index in [1.165, 1.54) is 0 Å². The Hall–Kier alpha value is -3.09. The van der Waals surface area contributed by atoms with Crippen molar-refractivity contribution in [3.05, 3.63) is 53.5 Å². The molecule has 0 spiro atoms. The number of rotatable bonds is 5. The first-order valence-electron chi connectivity index (χ1n) is 7.69. The summed E-state index contributed by atoms with van der Waals surface area (Å²) in [5, 5.41) is 10.7. The highest BCUT2D eigenvalue weighted by Gasteiger charge is 2.23. The molecule has 1 aromatic carbocycles. The van der Waals surface area contributed by atoms with Crippen LogP contribution in [0.3, 0.4) is 0 Å². The van der Waals surface area contributed by atoms with E-state index in [0.29, 0.717) is 29.4 Å². The summed E-state index contributed by atoms with van der Waals surface area (Å²) in [7, 11) is 1.70. The quantitative estimate of drug-likeness (QED) is 0.750. The molecule has 0 aliphatic heterocycles. The highest BCUT2D eigenvalue weighted by atomic mass is 16.5. The topological polar surface area (TPSA) is 101 Å². The number of carbonyl (C=O) groups excluding carboxylic acids is 1. The minimum atomic E-state index is -0.215. The number of H-pyrrole nitrogens is 1. The Balaban J connectivity index is 1.85. The summed E-state index contributed by atoms with van der Waals surface area (Å²) in [6.07, 6.45) is 0.788. The Labute approximate surface area is 139 Å². The smallest absolute Gasteiger partial charge is 0.272 e. The van der Waals surface area contributed by atoms with E-state index in [0.717, 1.165) is 17.7 Å². The van der Waals surface area contributed by atoms with Gasteiger partial charge in [-0.2, -0.15) is 5.10 Å². The monoisotopic (exact) mass is 325 g/mol. The molecule has 0 radical (unpaired) electrons. The van der Waals surface area contributed by atoms with Gasteiger partial charge in [0.1, 0.15) is 5.69 Å². The average molecular weight is 325 g/mol. The summed E-state index contributed by atoms with van der Waals surface area (Å²) >= 11 is 0. The third-order valence-corrected chi connectivity index (χ3v) is 3.78. The van der Waals surface area contributed by atoms with Crippen LogP contribution in [0.4, 0.5) is 5.82 Å². The second-order valence-electron chi connectivity index (χ2n) is 5.52. The number of hydrogen-bond donors (Lipinski definition) is 2. The van der Waals surface area contributed by atoms with Crippen LogP contribution in [0.2, 0.25) is 0 Å². The van der Waals surface area contributed by atoms with Gasteiger partial charge in [0.05, 0.1) is 17.8 Å². The lowest BCUT2D eigenvalue weighted by atomic mass is 10.0. The third kappa shape index (κ3) is 3.01. The molecule has 3 aromatic rings. The van der Waals surface area contributed by atoms with E-state index >= 15 is 0 Å². The number of aromatic nitrogens is 3. The second kappa shape index (κ2) is 6.57. The lowest BCUT2D eigenvalue weighted by Crippen LogP contribution is -2.26. The molecule has 24 heavy (non-hydrogen) atoms. The molecule has 0 unspecified atom stereocenters. The molecule has 0 bridgehead atoms. The number of aromatic amines is 1. The molecule has 0 atom stereocenters. The van der Waals surface area contributed by atoms with Gasteiger partial charge in [-0.25, -0.2) is 0 Å². The van der Waals surface area contributed by atoms with Crippen molar-refractivity contribution in [1.29, 1.82) is 0 Å². The summed E-state index contributed by atoms with van der Waals surface area (Å²) in [4.78, 5) is 14.3. The van der Waals surface area contributed by atoms with E-state index in [1.807, 2.05) is 43.3 Å². The van der Waals surface area contributed by atoms with E-state index in [2.05, 4.69) is 15.4 Å². The van der Waals surface area contributed by atoms with Gasteiger partial charge in [-0.3, -0.25) is 9.89 Å². The lowest BCUT2D eigenvalue weighted by molar-refractivity contribution is 0.0767. The molecule has 0 fully saturated rings. The van der Waals surface area contributed by atoms with Crippen molar-refractivity contribution < 1.29 is 9.32 Å². The van der Waals surface area contributed by atoms with Gasteiger partial charge in [0.25, 0.3) is 5.91 Å². The minimum Gasteiger partial charge on any atom is -0.382 e. The molecule has 7 heteroatoms. The minimum absolute atomic E-state index is 0.215. The average Bonchev–Trinajstić information content (AvgIpc) is 3.21. The predicted molar refractivity (Wildman–Crippen MR) is 90.1 cm³/mol. The zero-order valence-corrected chi connectivity index (χ0v) is 13.6. The fourth-order valence-electron chi connectivity index (χ4n) is 2.50. The summed E-state index contributed by atoms with van der Waals surface area (Å²) < 4.78 is 5.24. The molecule has 2 aromatic heterocycles. The lowest BCUT2D eigenvalue weighted by Gasteiger charge is -2.15. The molecule has 124 valence electrons. The molecule has 3 N–H and O–H groups in total. The SMILES string of the molecule is CCc1cc(CN(C)C(=O)c2[nH]nc(N)c2-c2ccccc2)on1. The van der Waals surface area contributed by atoms with Gasteiger partial charge < -0.3 is 15.2 Å². The van der Waals surface area contributed by atoms with Crippen LogP contribution in [-0.2, 0) is 13.0 Å².